The lowest BCUT2D eigenvalue weighted by molar-refractivity contribution is 0.232. The van der Waals surface area contributed by atoms with Crippen LogP contribution in [0.5, 0.6) is 5.75 Å². The topological polar surface area (TPSA) is 40.5 Å². The van der Waals surface area contributed by atoms with Gasteiger partial charge in [-0.25, -0.2) is 0 Å². The van der Waals surface area contributed by atoms with E-state index < -0.39 is 6.10 Å². The van der Waals surface area contributed by atoms with Gasteiger partial charge in [0.05, 0.1) is 6.10 Å². The lowest BCUT2D eigenvalue weighted by atomic mass is 9.96. The number of aliphatic hydroxyl groups is 1. The second-order valence-corrected chi connectivity index (χ2v) is 5.11. The van der Waals surface area contributed by atoms with E-state index in [0.29, 0.717) is 5.75 Å². The highest BCUT2D eigenvalue weighted by atomic mass is 16.3. The summed E-state index contributed by atoms with van der Waals surface area (Å²) in [7, 11) is 0. The van der Waals surface area contributed by atoms with Gasteiger partial charge in [0.1, 0.15) is 5.75 Å². The molecule has 0 saturated carbocycles. The average molecular weight is 252 g/mol. The molecule has 0 spiro atoms. The summed E-state index contributed by atoms with van der Waals surface area (Å²) in [5.74, 6) is 0.361. The Morgan fingerprint density at radius 3 is 2.32 bits per heavy atom. The van der Waals surface area contributed by atoms with Gasteiger partial charge >= 0.3 is 0 Å². The van der Waals surface area contributed by atoms with Gasteiger partial charge in [-0.1, -0.05) is 24.3 Å². The highest BCUT2D eigenvalue weighted by molar-refractivity contribution is 5.73. The Labute approximate surface area is 112 Å². The van der Waals surface area contributed by atoms with Gasteiger partial charge in [-0.2, -0.15) is 0 Å². The average Bonchev–Trinajstić information content (AvgIpc) is 2.76. The molecule has 2 heteroatoms. The van der Waals surface area contributed by atoms with Crippen molar-refractivity contribution in [1.82, 2.24) is 0 Å². The van der Waals surface area contributed by atoms with Crippen LogP contribution in [-0.2, 0) is 0 Å². The van der Waals surface area contributed by atoms with Gasteiger partial charge in [-0.05, 0) is 65.4 Å². The van der Waals surface area contributed by atoms with Gasteiger partial charge in [0.25, 0.3) is 0 Å². The minimum atomic E-state index is -0.479. The molecule has 2 aromatic rings. The van der Waals surface area contributed by atoms with Crippen LogP contribution in [0.3, 0.4) is 0 Å². The number of rotatable bonds is 1. The van der Waals surface area contributed by atoms with E-state index in [4.69, 9.17) is 0 Å². The zero-order valence-electron chi connectivity index (χ0n) is 11.0. The van der Waals surface area contributed by atoms with Crippen molar-refractivity contribution in [3.8, 4) is 16.9 Å². The molecule has 1 aliphatic rings. The first kappa shape index (κ1) is 12.0. The molecule has 19 heavy (non-hydrogen) atoms. The highest BCUT2D eigenvalue weighted by Crippen LogP contribution is 2.34. The normalized spacial score (nSPS) is 16.7. The second-order valence-electron chi connectivity index (χ2n) is 5.11. The van der Waals surface area contributed by atoms with Crippen LogP contribution in [0.4, 0.5) is 0 Å². The van der Waals surface area contributed by atoms with E-state index >= 15 is 0 Å². The minimum absolute atomic E-state index is 0.361. The number of aliphatic hydroxyl groups excluding tert-OH is 1. The van der Waals surface area contributed by atoms with E-state index in [2.05, 4.69) is 6.07 Å². The molecule has 3 rings (SSSR count). The molecule has 1 atom stereocenters. The highest BCUT2D eigenvalue weighted by Gasteiger charge is 2.15. The molecule has 2 nitrogen and oxygen atoms in total. The summed E-state index contributed by atoms with van der Waals surface area (Å²) in [5, 5.41) is 19.6. The Kier molecular flexibility index (Phi) is 2.68. The van der Waals surface area contributed by atoms with Crippen molar-refractivity contribution in [2.75, 3.05) is 0 Å². The fourth-order valence-corrected chi connectivity index (χ4v) is 2.59. The summed E-state index contributed by atoms with van der Waals surface area (Å²) in [4.78, 5) is 0. The van der Waals surface area contributed by atoms with Gasteiger partial charge < -0.3 is 10.2 Å². The van der Waals surface area contributed by atoms with Crippen molar-refractivity contribution in [2.45, 2.75) is 20.0 Å². The largest absolute Gasteiger partial charge is 0.507 e. The zero-order chi connectivity index (χ0) is 13.6. The maximum Gasteiger partial charge on any atom is 0.121 e. The molecule has 0 amide bonds. The lowest BCUT2D eigenvalue weighted by Gasteiger charge is -2.10. The fourth-order valence-electron chi connectivity index (χ4n) is 2.59. The third kappa shape index (κ3) is 1.94. The Morgan fingerprint density at radius 1 is 0.947 bits per heavy atom. The molecule has 96 valence electrons. The Hall–Kier alpha value is -2.06. The van der Waals surface area contributed by atoms with Gasteiger partial charge in [-0.3, -0.25) is 0 Å². The SMILES string of the molecule is Cc1cc(-c2ccc3c(c2)C=CC3O)cc(C)c1O. The van der Waals surface area contributed by atoms with Crippen molar-refractivity contribution in [3.63, 3.8) is 0 Å². The summed E-state index contributed by atoms with van der Waals surface area (Å²) < 4.78 is 0. The standard InChI is InChI=1S/C17H16O2/c1-10-7-14(8-11(2)17(10)19)12-3-5-15-13(9-12)4-6-16(15)18/h3-9,16,18-19H,1-2H3. The molecule has 2 aromatic carbocycles. The maximum absolute atomic E-state index is 9.82. The van der Waals surface area contributed by atoms with Crippen LogP contribution >= 0.6 is 0 Å². The number of hydrogen-bond donors (Lipinski definition) is 2. The molecular formula is C17H16O2. The third-order valence-electron chi connectivity index (χ3n) is 3.69. The van der Waals surface area contributed by atoms with Crippen molar-refractivity contribution >= 4 is 6.08 Å². The molecule has 2 N–H and O–H groups in total. The van der Waals surface area contributed by atoms with Crippen molar-refractivity contribution < 1.29 is 10.2 Å². The van der Waals surface area contributed by atoms with E-state index in [1.165, 1.54) is 0 Å². The lowest BCUT2D eigenvalue weighted by Crippen LogP contribution is -1.91. The number of aromatic hydroxyl groups is 1. The van der Waals surface area contributed by atoms with Crippen LogP contribution in [0.2, 0.25) is 0 Å². The third-order valence-corrected chi connectivity index (χ3v) is 3.69. The van der Waals surface area contributed by atoms with Crippen molar-refractivity contribution in [3.05, 3.63) is 58.7 Å². The monoisotopic (exact) mass is 252 g/mol. The summed E-state index contributed by atoms with van der Waals surface area (Å²) in [6, 6.07) is 10.0. The maximum atomic E-state index is 9.82. The molecule has 1 aliphatic carbocycles. The number of benzene rings is 2. The van der Waals surface area contributed by atoms with Gasteiger partial charge in [0, 0.05) is 0 Å². The summed E-state index contributed by atoms with van der Waals surface area (Å²) in [6.45, 7) is 3.81. The van der Waals surface area contributed by atoms with Gasteiger partial charge in [0.2, 0.25) is 0 Å². The van der Waals surface area contributed by atoms with Crippen LogP contribution < -0.4 is 0 Å². The molecule has 0 bridgehead atoms. The first-order chi connectivity index (χ1) is 9.06. The van der Waals surface area contributed by atoms with Crippen LogP contribution in [0.15, 0.2) is 36.4 Å². The van der Waals surface area contributed by atoms with E-state index in [1.54, 1.807) is 6.08 Å². The summed E-state index contributed by atoms with van der Waals surface area (Å²) in [5.41, 5.74) is 5.97. The smallest absolute Gasteiger partial charge is 0.121 e. The predicted octanol–water partition coefficient (Wildman–Crippen LogP) is 3.74. The number of fused-ring (bicyclic) bond motifs is 1. The minimum Gasteiger partial charge on any atom is -0.507 e. The van der Waals surface area contributed by atoms with Crippen LogP contribution in [0, 0.1) is 13.8 Å². The van der Waals surface area contributed by atoms with E-state index in [9.17, 15) is 10.2 Å². The Morgan fingerprint density at radius 2 is 1.63 bits per heavy atom. The van der Waals surface area contributed by atoms with Crippen LogP contribution in [0.1, 0.15) is 28.4 Å². The molecule has 0 radical (unpaired) electrons. The fraction of sp³-hybridized carbons (Fsp3) is 0.176. The number of hydrogen-bond acceptors (Lipinski definition) is 2. The molecule has 0 heterocycles. The number of phenolic OH excluding ortho intramolecular Hbond substituents is 1. The van der Waals surface area contributed by atoms with E-state index in [0.717, 1.165) is 33.4 Å². The number of phenols is 1. The molecule has 0 aliphatic heterocycles. The Bertz CT molecular complexity index is 661. The summed E-state index contributed by atoms with van der Waals surface area (Å²) >= 11 is 0. The molecular weight excluding hydrogens is 236 g/mol. The van der Waals surface area contributed by atoms with Crippen LogP contribution in [-0.4, -0.2) is 10.2 Å². The first-order valence-corrected chi connectivity index (χ1v) is 6.37. The van der Waals surface area contributed by atoms with Crippen molar-refractivity contribution in [1.29, 1.82) is 0 Å². The predicted molar refractivity (Wildman–Crippen MR) is 77.0 cm³/mol. The quantitative estimate of drug-likeness (QED) is 0.811. The van der Waals surface area contributed by atoms with Crippen molar-refractivity contribution in [2.24, 2.45) is 0 Å². The van der Waals surface area contributed by atoms with E-state index in [1.807, 2.05) is 44.2 Å². The number of aryl methyl sites for hydroxylation is 2. The van der Waals surface area contributed by atoms with Gasteiger partial charge in [0.15, 0.2) is 0 Å². The molecule has 0 fully saturated rings. The zero-order valence-corrected chi connectivity index (χ0v) is 11.0. The molecule has 0 saturated heterocycles. The van der Waals surface area contributed by atoms with E-state index in [-0.39, 0.29) is 0 Å². The Balaban J connectivity index is 2.11. The first-order valence-electron chi connectivity index (χ1n) is 6.37. The summed E-state index contributed by atoms with van der Waals surface area (Å²) in [6.07, 6.45) is 3.26. The molecule has 0 aromatic heterocycles. The second kappa shape index (κ2) is 4.25. The van der Waals surface area contributed by atoms with Gasteiger partial charge in [-0.15, -0.1) is 0 Å². The molecule has 1 unspecified atom stereocenters. The van der Waals surface area contributed by atoms with Crippen LogP contribution in [0.25, 0.3) is 17.2 Å².